The van der Waals surface area contributed by atoms with Crippen molar-refractivity contribution in [3.8, 4) is 0 Å². The van der Waals surface area contributed by atoms with E-state index in [1.165, 1.54) is 6.26 Å². The number of nitrogens with zero attached hydrogens (tertiary/aromatic N) is 2. The maximum absolute atomic E-state index is 12.7. The third-order valence-electron chi connectivity index (χ3n) is 3.75. The van der Waals surface area contributed by atoms with Crippen molar-refractivity contribution in [2.24, 2.45) is 11.8 Å². The summed E-state index contributed by atoms with van der Waals surface area (Å²) in [5.41, 5.74) is 0.850. The molecule has 0 fully saturated rings. The minimum atomic E-state index is -0.287. The van der Waals surface area contributed by atoms with Gasteiger partial charge in [0, 0.05) is 23.8 Å². The Morgan fingerprint density at radius 2 is 1.82 bits per heavy atom. The zero-order valence-electron chi connectivity index (χ0n) is 16.7. The summed E-state index contributed by atoms with van der Waals surface area (Å²) in [5, 5.41) is 6.23. The largest absolute Gasteiger partial charge is 0.446 e. The average Bonchev–Trinajstić information content (AvgIpc) is 3.09. The number of amides is 3. The Balaban J connectivity index is 2.04. The molecule has 0 radical (unpaired) electrons. The molecule has 0 atom stereocenters. The van der Waals surface area contributed by atoms with Gasteiger partial charge in [0.1, 0.15) is 6.26 Å². The molecule has 1 aromatic heterocycles. The highest BCUT2D eigenvalue weighted by Crippen LogP contribution is 2.15. The molecule has 1 heterocycles. The van der Waals surface area contributed by atoms with E-state index in [0.717, 1.165) is 0 Å². The smallest absolute Gasteiger partial charge is 0.322 e. The third-order valence-corrected chi connectivity index (χ3v) is 4.00. The second-order valence-corrected chi connectivity index (χ2v) is 7.88. The lowest BCUT2D eigenvalue weighted by Gasteiger charge is -2.23. The third kappa shape index (κ3) is 6.88. The summed E-state index contributed by atoms with van der Waals surface area (Å²) in [6.07, 6.45) is 1.32. The molecule has 0 aliphatic carbocycles. The van der Waals surface area contributed by atoms with E-state index in [-0.39, 0.29) is 30.1 Å². The van der Waals surface area contributed by atoms with Crippen molar-refractivity contribution in [3.63, 3.8) is 0 Å². The maximum Gasteiger partial charge on any atom is 0.322 e. The first-order chi connectivity index (χ1) is 13.2. The number of benzene rings is 1. The Bertz CT molecular complexity index is 787. The summed E-state index contributed by atoms with van der Waals surface area (Å²) in [5.74, 6) is 0.611. The van der Waals surface area contributed by atoms with Crippen molar-refractivity contribution < 1.29 is 14.0 Å². The Labute approximate surface area is 170 Å². The van der Waals surface area contributed by atoms with Gasteiger partial charge in [0.15, 0.2) is 5.69 Å². The number of rotatable bonds is 8. The van der Waals surface area contributed by atoms with Gasteiger partial charge in [0.25, 0.3) is 5.91 Å². The molecule has 0 saturated carbocycles. The van der Waals surface area contributed by atoms with Crippen molar-refractivity contribution in [1.29, 1.82) is 0 Å². The minimum absolute atomic E-state index is 0.162. The molecule has 0 aliphatic rings. The molecule has 0 spiro atoms. The molecule has 0 aliphatic heterocycles. The first-order valence-corrected chi connectivity index (χ1v) is 9.66. The molecular weight excluding hydrogens is 380 g/mol. The lowest BCUT2D eigenvalue weighted by molar-refractivity contribution is 0.0944. The summed E-state index contributed by atoms with van der Waals surface area (Å²) in [4.78, 5) is 30.6. The summed E-state index contributed by atoms with van der Waals surface area (Å²) in [7, 11) is 0. The van der Waals surface area contributed by atoms with Crippen LogP contribution in [-0.2, 0) is 6.54 Å². The van der Waals surface area contributed by atoms with Gasteiger partial charge in [-0.05, 0) is 36.1 Å². The van der Waals surface area contributed by atoms with Gasteiger partial charge in [-0.3, -0.25) is 4.79 Å². The van der Waals surface area contributed by atoms with Gasteiger partial charge in [0.05, 0.1) is 6.54 Å². The van der Waals surface area contributed by atoms with Crippen LogP contribution in [0.15, 0.2) is 34.9 Å². The van der Waals surface area contributed by atoms with E-state index >= 15 is 0 Å². The Hall–Kier alpha value is -2.54. The van der Waals surface area contributed by atoms with Gasteiger partial charge < -0.3 is 20.0 Å². The van der Waals surface area contributed by atoms with E-state index < -0.39 is 0 Å². The molecule has 2 rings (SSSR count). The number of oxazole rings is 1. The fourth-order valence-electron chi connectivity index (χ4n) is 2.43. The fraction of sp³-hybridized carbons (Fsp3) is 0.450. The maximum atomic E-state index is 12.7. The first kappa shape index (κ1) is 21.8. The highest BCUT2D eigenvalue weighted by atomic mass is 35.5. The van der Waals surface area contributed by atoms with Crippen molar-refractivity contribution in [2.75, 3.05) is 18.4 Å². The molecule has 152 valence electrons. The Morgan fingerprint density at radius 3 is 2.43 bits per heavy atom. The molecule has 2 aromatic rings. The molecule has 0 bridgehead atoms. The summed E-state index contributed by atoms with van der Waals surface area (Å²) < 4.78 is 5.41. The summed E-state index contributed by atoms with van der Waals surface area (Å²) >= 11 is 5.88. The number of nitrogens with one attached hydrogen (secondary N) is 2. The second-order valence-electron chi connectivity index (χ2n) is 7.44. The Morgan fingerprint density at radius 1 is 1.14 bits per heavy atom. The van der Waals surface area contributed by atoms with Gasteiger partial charge in [-0.1, -0.05) is 39.3 Å². The van der Waals surface area contributed by atoms with Gasteiger partial charge in [-0.2, -0.15) is 0 Å². The van der Waals surface area contributed by atoms with E-state index in [9.17, 15) is 9.59 Å². The van der Waals surface area contributed by atoms with Crippen LogP contribution < -0.4 is 10.6 Å². The number of hydrogen-bond acceptors (Lipinski definition) is 4. The number of carbonyl (C=O) groups is 2. The van der Waals surface area contributed by atoms with Crippen molar-refractivity contribution in [2.45, 2.75) is 34.2 Å². The van der Waals surface area contributed by atoms with Gasteiger partial charge in [0.2, 0.25) is 5.89 Å². The topological polar surface area (TPSA) is 87.5 Å². The number of aromatic nitrogens is 1. The molecule has 2 N–H and O–H groups in total. The predicted octanol–water partition coefficient (Wildman–Crippen LogP) is 4.40. The number of carbonyl (C=O) groups excluding carboxylic acids is 2. The predicted molar refractivity (Wildman–Crippen MR) is 109 cm³/mol. The molecule has 28 heavy (non-hydrogen) atoms. The van der Waals surface area contributed by atoms with Crippen LogP contribution in [-0.4, -0.2) is 34.9 Å². The average molecular weight is 407 g/mol. The standard InChI is InChI=1S/C20H27ClN4O3/c1-13(2)9-22-19(26)17-12-28-18(24-17)11-25(10-14(3)4)20(27)23-16-7-5-15(21)6-8-16/h5-8,12-14H,9-11H2,1-4H3,(H,22,26)(H,23,27). The van der Waals surface area contributed by atoms with Crippen LogP contribution in [0.1, 0.15) is 44.1 Å². The lowest BCUT2D eigenvalue weighted by atomic mass is 10.2. The van der Waals surface area contributed by atoms with Crippen molar-refractivity contribution in [1.82, 2.24) is 15.2 Å². The van der Waals surface area contributed by atoms with E-state index in [2.05, 4.69) is 15.6 Å². The van der Waals surface area contributed by atoms with Crippen molar-refractivity contribution in [3.05, 3.63) is 47.1 Å². The number of anilines is 1. The van der Waals surface area contributed by atoms with Crippen LogP contribution in [0.3, 0.4) is 0 Å². The van der Waals surface area contributed by atoms with E-state index in [1.807, 2.05) is 27.7 Å². The van der Waals surface area contributed by atoms with E-state index in [4.69, 9.17) is 16.0 Å². The summed E-state index contributed by atoms with van der Waals surface area (Å²) in [6, 6.07) is 6.60. The zero-order valence-corrected chi connectivity index (χ0v) is 17.4. The van der Waals surface area contributed by atoms with Crippen LogP contribution in [0.2, 0.25) is 5.02 Å². The molecule has 8 heteroatoms. The van der Waals surface area contributed by atoms with Crippen LogP contribution in [0, 0.1) is 11.8 Å². The molecular formula is C20H27ClN4O3. The fourth-order valence-corrected chi connectivity index (χ4v) is 2.56. The molecule has 7 nitrogen and oxygen atoms in total. The van der Waals surface area contributed by atoms with Gasteiger partial charge >= 0.3 is 6.03 Å². The van der Waals surface area contributed by atoms with E-state index in [1.54, 1.807) is 29.2 Å². The minimum Gasteiger partial charge on any atom is -0.446 e. The summed E-state index contributed by atoms with van der Waals surface area (Å²) in [6.45, 7) is 9.29. The van der Waals surface area contributed by atoms with Crippen LogP contribution >= 0.6 is 11.6 Å². The highest BCUT2D eigenvalue weighted by molar-refractivity contribution is 6.30. The number of urea groups is 1. The zero-order chi connectivity index (χ0) is 20.7. The SMILES string of the molecule is CC(C)CNC(=O)c1coc(CN(CC(C)C)C(=O)Nc2ccc(Cl)cc2)n1. The quantitative estimate of drug-likeness (QED) is 0.679. The molecule has 0 saturated heterocycles. The second kappa shape index (κ2) is 10.1. The van der Waals surface area contributed by atoms with Crippen molar-refractivity contribution >= 4 is 29.2 Å². The number of hydrogen-bond donors (Lipinski definition) is 2. The molecule has 3 amide bonds. The molecule has 0 unspecified atom stereocenters. The van der Waals surface area contributed by atoms with Crippen LogP contribution in [0.4, 0.5) is 10.5 Å². The lowest BCUT2D eigenvalue weighted by Crippen LogP contribution is -2.37. The van der Waals surface area contributed by atoms with Crippen LogP contribution in [0.25, 0.3) is 0 Å². The number of halogens is 1. The monoisotopic (exact) mass is 406 g/mol. The van der Waals surface area contributed by atoms with E-state index in [0.29, 0.717) is 35.6 Å². The normalized spacial score (nSPS) is 11.0. The molecule has 1 aromatic carbocycles. The van der Waals surface area contributed by atoms with Crippen LogP contribution in [0.5, 0.6) is 0 Å². The Kier molecular flexibility index (Phi) is 7.87. The van der Waals surface area contributed by atoms with Gasteiger partial charge in [-0.25, -0.2) is 9.78 Å². The van der Waals surface area contributed by atoms with Gasteiger partial charge in [-0.15, -0.1) is 0 Å². The first-order valence-electron chi connectivity index (χ1n) is 9.28. The highest BCUT2D eigenvalue weighted by Gasteiger charge is 2.20.